The summed E-state index contributed by atoms with van der Waals surface area (Å²) in [6, 6.07) is 0.0552. The quantitative estimate of drug-likeness (QED) is 0.607. The van der Waals surface area contributed by atoms with E-state index < -0.39 is 11.0 Å². The molecule has 4 heteroatoms. The molecule has 1 saturated heterocycles. The van der Waals surface area contributed by atoms with Gasteiger partial charge in [-0.25, -0.2) is 8.93 Å². The molecule has 1 rings (SSSR count). The molecule has 0 aromatic rings. The molecular formula is C8H15NO2S. The number of rotatable bonds is 0. The Hall–Kier alpha value is -0.220. The zero-order valence-electron chi connectivity index (χ0n) is 7.72. The summed E-state index contributed by atoms with van der Waals surface area (Å²) >= 11 is 0. The first-order valence-corrected chi connectivity index (χ1v) is 5.38. The van der Waals surface area contributed by atoms with Gasteiger partial charge >= 0.3 is 0 Å². The molecule has 0 spiro atoms. The molecule has 2 unspecified atom stereocenters. The van der Waals surface area contributed by atoms with Crippen LogP contribution in [0, 0.1) is 5.41 Å². The lowest BCUT2D eigenvalue weighted by Gasteiger charge is -2.33. The molecule has 1 aliphatic heterocycles. The van der Waals surface area contributed by atoms with E-state index in [0.717, 1.165) is 0 Å². The lowest BCUT2D eigenvalue weighted by atomic mass is 9.84. The highest BCUT2D eigenvalue weighted by atomic mass is 32.2. The Morgan fingerprint density at radius 2 is 2.08 bits per heavy atom. The predicted molar refractivity (Wildman–Crippen MR) is 49.0 cm³/mol. The summed E-state index contributed by atoms with van der Waals surface area (Å²) in [5.41, 5.74) is 0.00569. The van der Waals surface area contributed by atoms with Gasteiger partial charge in [0, 0.05) is 12.5 Å². The molecule has 70 valence electrons. The molecule has 1 aliphatic rings. The normalized spacial score (nSPS) is 32.1. The number of Topliss-reactive ketones (excluding diaryl/α,β-unsaturated/α-hetero) is 1. The largest absolute Gasteiger partial charge is 0.299 e. The van der Waals surface area contributed by atoms with E-state index in [9.17, 15) is 9.00 Å². The second-order valence-electron chi connectivity index (χ2n) is 4.27. The van der Waals surface area contributed by atoms with Gasteiger partial charge in [-0.3, -0.25) is 4.79 Å². The number of carbonyl (C=O) groups is 1. The van der Waals surface area contributed by atoms with Crippen molar-refractivity contribution < 1.29 is 9.00 Å². The van der Waals surface area contributed by atoms with Crippen LogP contribution in [0.25, 0.3) is 0 Å². The molecule has 1 heterocycles. The van der Waals surface area contributed by atoms with Crippen molar-refractivity contribution in [3.63, 3.8) is 0 Å². The van der Waals surface area contributed by atoms with Gasteiger partial charge in [0.2, 0.25) is 0 Å². The van der Waals surface area contributed by atoms with Gasteiger partial charge in [-0.2, -0.15) is 0 Å². The molecule has 1 fully saturated rings. The van der Waals surface area contributed by atoms with E-state index in [-0.39, 0.29) is 23.0 Å². The minimum absolute atomic E-state index is 0.00569. The summed E-state index contributed by atoms with van der Waals surface area (Å²) in [6.45, 7) is 6.13. The zero-order valence-corrected chi connectivity index (χ0v) is 8.53. The van der Waals surface area contributed by atoms with Crippen LogP contribution in [0.3, 0.4) is 0 Å². The van der Waals surface area contributed by atoms with Crippen LogP contribution in [0.5, 0.6) is 0 Å². The van der Waals surface area contributed by atoms with Crippen molar-refractivity contribution >= 4 is 16.8 Å². The average Bonchev–Trinajstić information content (AvgIpc) is 1.82. The number of ketones is 1. The molecular weight excluding hydrogens is 174 g/mol. The number of hydrogen-bond acceptors (Lipinski definition) is 2. The minimum Gasteiger partial charge on any atom is -0.299 e. The van der Waals surface area contributed by atoms with Crippen LogP contribution >= 0.6 is 0 Å². The fraction of sp³-hybridized carbons (Fsp3) is 0.875. The highest BCUT2D eigenvalue weighted by Gasteiger charge is 2.32. The Bertz CT molecular complexity index is 204. The number of nitrogens with one attached hydrogen (secondary N) is 1. The highest BCUT2D eigenvalue weighted by Crippen LogP contribution is 2.24. The van der Waals surface area contributed by atoms with Crippen LogP contribution in [0.15, 0.2) is 0 Å². The lowest BCUT2D eigenvalue weighted by Crippen LogP contribution is -2.48. The molecule has 0 aromatic carbocycles. The Balaban J connectivity index is 2.68. The highest BCUT2D eigenvalue weighted by molar-refractivity contribution is 7.83. The van der Waals surface area contributed by atoms with Crippen LogP contribution < -0.4 is 4.72 Å². The zero-order chi connectivity index (χ0) is 9.35. The summed E-state index contributed by atoms with van der Waals surface area (Å²) < 4.78 is 14.0. The molecule has 2 atom stereocenters. The van der Waals surface area contributed by atoms with E-state index in [0.29, 0.717) is 6.42 Å². The van der Waals surface area contributed by atoms with Crippen molar-refractivity contribution in [3.05, 3.63) is 0 Å². The average molecular weight is 189 g/mol. The van der Waals surface area contributed by atoms with Crippen LogP contribution in [-0.2, 0) is 15.8 Å². The van der Waals surface area contributed by atoms with Crippen LogP contribution in [0.1, 0.15) is 27.2 Å². The molecule has 0 aliphatic carbocycles. The predicted octanol–water partition coefficient (Wildman–Crippen LogP) is 0.627. The maximum absolute atomic E-state index is 11.1. The van der Waals surface area contributed by atoms with Gasteiger partial charge in [0.1, 0.15) is 5.78 Å². The summed E-state index contributed by atoms with van der Waals surface area (Å²) in [4.78, 5) is 11.1. The summed E-state index contributed by atoms with van der Waals surface area (Å²) in [6.07, 6.45) is 0.509. The Kier molecular flexibility index (Phi) is 2.68. The third kappa shape index (κ3) is 2.38. The molecule has 0 radical (unpaired) electrons. The maximum Gasteiger partial charge on any atom is 0.148 e. The van der Waals surface area contributed by atoms with Crippen LogP contribution in [-0.4, -0.2) is 21.8 Å². The van der Waals surface area contributed by atoms with Crippen molar-refractivity contribution in [2.75, 3.05) is 5.75 Å². The molecule has 3 nitrogen and oxygen atoms in total. The van der Waals surface area contributed by atoms with Gasteiger partial charge in [-0.15, -0.1) is 0 Å². The summed E-state index contributed by atoms with van der Waals surface area (Å²) in [5, 5.41) is 0. The first-order chi connectivity index (χ1) is 5.39. The maximum atomic E-state index is 11.1. The fourth-order valence-corrected chi connectivity index (χ4v) is 2.41. The number of hydrogen-bond donors (Lipinski definition) is 1. The van der Waals surface area contributed by atoms with E-state index >= 15 is 0 Å². The van der Waals surface area contributed by atoms with E-state index in [1.807, 2.05) is 20.8 Å². The molecule has 0 amide bonds. The van der Waals surface area contributed by atoms with Gasteiger partial charge < -0.3 is 0 Å². The second-order valence-corrected chi connectivity index (χ2v) is 5.48. The Labute approximate surface area is 75.5 Å². The smallest absolute Gasteiger partial charge is 0.148 e. The summed E-state index contributed by atoms with van der Waals surface area (Å²) in [7, 11) is -1.15. The van der Waals surface area contributed by atoms with Crippen LogP contribution in [0.4, 0.5) is 0 Å². The Morgan fingerprint density at radius 1 is 1.50 bits per heavy atom. The van der Waals surface area contributed by atoms with Crippen LogP contribution in [0.2, 0.25) is 0 Å². The second kappa shape index (κ2) is 3.26. The molecule has 0 aromatic heterocycles. The Morgan fingerprint density at radius 3 is 2.50 bits per heavy atom. The first-order valence-electron chi connectivity index (χ1n) is 4.06. The fourth-order valence-electron chi connectivity index (χ4n) is 1.16. The lowest BCUT2D eigenvalue weighted by molar-refractivity contribution is -0.117. The third-order valence-electron chi connectivity index (χ3n) is 2.04. The van der Waals surface area contributed by atoms with Gasteiger partial charge in [0.25, 0.3) is 0 Å². The molecule has 12 heavy (non-hydrogen) atoms. The number of carbonyl (C=O) groups excluding carboxylic acids is 1. The topological polar surface area (TPSA) is 46.2 Å². The van der Waals surface area contributed by atoms with E-state index in [4.69, 9.17) is 0 Å². The standard InChI is InChI=1S/C8H15NO2S/c1-8(2,3)7-4-6(10)5-12(11)9-7/h7,9H,4-5H2,1-3H3. The van der Waals surface area contributed by atoms with Gasteiger partial charge in [-0.1, -0.05) is 20.8 Å². The minimum atomic E-state index is -1.15. The molecule has 0 bridgehead atoms. The van der Waals surface area contributed by atoms with E-state index in [2.05, 4.69) is 4.72 Å². The molecule has 0 saturated carbocycles. The monoisotopic (exact) mass is 189 g/mol. The first kappa shape index (κ1) is 9.86. The van der Waals surface area contributed by atoms with Gasteiger partial charge in [0.15, 0.2) is 0 Å². The van der Waals surface area contributed by atoms with Gasteiger partial charge in [0.05, 0.1) is 16.7 Å². The van der Waals surface area contributed by atoms with E-state index in [1.54, 1.807) is 0 Å². The van der Waals surface area contributed by atoms with Crippen molar-refractivity contribution in [3.8, 4) is 0 Å². The molecule has 1 N–H and O–H groups in total. The van der Waals surface area contributed by atoms with Crippen molar-refractivity contribution in [2.24, 2.45) is 5.41 Å². The van der Waals surface area contributed by atoms with Crippen molar-refractivity contribution in [1.82, 2.24) is 4.72 Å². The SMILES string of the molecule is CC(C)(C)C1CC(=O)CS(=O)N1. The van der Waals surface area contributed by atoms with Gasteiger partial charge in [-0.05, 0) is 5.41 Å². The van der Waals surface area contributed by atoms with E-state index in [1.165, 1.54) is 0 Å². The van der Waals surface area contributed by atoms with Crippen molar-refractivity contribution in [1.29, 1.82) is 0 Å². The third-order valence-corrected chi connectivity index (χ3v) is 3.17. The van der Waals surface area contributed by atoms with Crippen molar-refractivity contribution in [2.45, 2.75) is 33.2 Å². The summed E-state index contributed by atoms with van der Waals surface area (Å²) in [5.74, 6) is 0.277.